The number of fused-ring (bicyclic) bond motifs is 1. The fourth-order valence-electron chi connectivity index (χ4n) is 3.65. The van der Waals surface area contributed by atoms with Gasteiger partial charge in [-0.15, -0.1) is 12.4 Å². The van der Waals surface area contributed by atoms with Gasteiger partial charge in [0.15, 0.2) is 0 Å². The maximum atomic E-state index is 13.1. The van der Waals surface area contributed by atoms with E-state index in [0.29, 0.717) is 6.04 Å². The molecule has 2 unspecified atom stereocenters. The van der Waals surface area contributed by atoms with E-state index in [9.17, 15) is 4.79 Å². The van der Waals surface area contributed by atoms with Crippen molar-refractivity contribution in [2.45, 2.75) is 38.6 Å². The molecule has 0 radical (unpaired) electrons. The van der Waals surface area contributed by atoms with Crippen LogP contribution in [-0.2, 0) is 4.79 Å². The number of amides is 1. The van der Waals surface area contributed by atoms with Gasteiger partial charge in [-0.05, 0) is 54.8 Å². The van der Waals surface area contributed by atoms with Crippen LogP contribution in [0.4, 0.5) is 0 Å². The summed E-state index contributed by atoms with van der Waals surface area (Å²) in [5, 5.41) is 5.65. The second kappa shape index (κ2) is 9.24. The standard InChI is InChI=1S/C21H28N2O2.ClH/c1-4-11-23(19-9-10-22-14-19)21(24)15(2)16-5-6-18-13-20(25-3)8-7-17(18)12-16;/h5-8,12-13,15,19,22H,4,9-11,14H2,1-3H3;1H. The van der Waals surface area contributed by atoms with Gasteiger partial charge in [0, 0.05) is 19.1 Å². The zero-order chi connectivity index (χ0) is 17.8. The summed E-state index contributed by atoms with van der Waals surface area (Å²) in [6.45, 7) is 6.91. The molecule has 1 amide bonds. The van der Waals surface area contributed by atoms with Crippen molar-refractivity contribution in [2.24, 2.45) is 0 Å². The van der Waals surface area contributed by atoms with E-state index in [2.05, 4.69) is 41.4 Å². The van der Waals surface area contributed by atoms with Gasteiger partial charge in [0.25, 0.3) is 0 Å². The Morgan fingerprint density at radius 3 is 2.65 bits per heavy atom. The molecule has 1 aliphatic rings. The Morgan fingerprint density at radius 2 is 2.00 bits per heavy atom. The first-order valence-corrected chi connectivity index (χ1v) is 9.23. The molecule has 4 nitrogen and oxygen atoms in total. The fourth-order valence-corrected chi connectivity index (χ4v) is 3.65. The average Bonchev–Trinajstić information content (AvgIpc) is 3.18. The molecule has 5 heteroatoms. The summed E-state index contributed by atoms with van der Waals surface area (Å²) in [4.78, 5) is 15.2. The number of ether oxygens (including phenoxy) is 1. The third-order valence-corrected chi connectivity index (χ3v) is 5.16. The molecule has 0 spiro atoms. The summed E-state index contributed by atoms with van der Waals surface area (Å²) in [5.74, 6) is 0.967. The lowest BCUT2D eigenvalue weighted by atomic mass is 9.95. The number of carbonyl (C=O) groups is 1. The predicted octanol–water partition coefficient (Wildman–Crippen LogP) is 3.97. The van der Waals surface area contributed by atoms with Crippen LogP contribution in [0.2, 0.25) is 0 Å². The van der Waals surface area contributed by atoms with Crippen LogP contribution in [0.5, 0.6) is 5.75 Å². The second-order valence-electron chi connectivity index (χ2n) is 6.87. The molecule has 1 fully saturated rings. The largest absolute Gasteiger partial charge is 0.497 e. The highest BCUT2D eigenvalue weighted by molar-refractivity contribution is 5.88. The monoisotopic (exact) mass is 376 g/mol. The van der Waals surface area contributed by atoms with Crippen molar-refractivity contribution in [2.75, 3.05) is 26.7 Å². The molecule has 1 heterocycles. The van der Waals surface area contributed by atoms with E-state index in [-0.39, 0.29) is 24.2 Å². The van der Waals surface area contributed by atoms with Crippen LogP contribution in [-0.4, -0.2) is 43.6 Å². The maximum Gasteiger partial charge on any atom is 0.230 e. The summed E-state index contributed by atoms with van der Waals surface area (Å²) >= 11 is 0. The van der Waals surface area contributed by atoms with Gasteiger partial charge in [0.2, 0.25) is 5.91 Å². The van der Waals surface area contributed by atoms with Crippen LogP contribution in [0, 0.1) is 0 Å². The minimum Gasteiger partial charge on any atom is -0.497 e. The second-order valence-corrected chi connectivity index (χ2v) is 6.87. The van der Waals surface area contributed by atoms with Crippen LogP contribution >= 0.6 is 12.4 Å². The van der Waals surface area contributed by atoms with Gasteiger partial charge in [-0.3, -0.25) is 4.79 Å². The number of benzene rings is 2. The summed E-state index contributed by atoms with van der Waals surface area (Å²) < 4.78 is 5.29. The molecule has 0 saturated carbocycles. The fraction of sp³-hybridized carbons (Fsp3) is 0.476. The number of hydrogen-bond donors (Lipinski definition) is 1. The number of hydrogen-bond acceptors (Lipinski definition) is 3. The zero-order valence-electron chi connectivity index (χ0n) is 15.8. The molecule has 142 valence electrons. The van der Waals surface area contributed by atoms with Crippen molar-refractivity contribution in [1.29, 1.82) is 0 Å². The highest BCUT2D eigenvalue weighted by Gasteiger charge is 2.29. The van der Waals surface area contributed by atoms with Crippen molar-refractivity contribution in [3.05, 3.63) is 42.0 Å². The molecule has 1 saturated heterocycles. The van der Waals surface area contributed by atoms with Crippen LogP contribution in [0.1, 0.15) is 38.2 Å². The Kier molecular flexibility index (Phi) is 7.30. The summed E-state index contributed by atoms with van der Waals surface area (Å²) in [6.07, 6.45) is 2.04. The van der Waals surface area contributed by atoms with Crippen molar-refractivity contribution >= 4 is 29.1 Å². The Bertz CT molecular complexity index is 744. The number of nitrogens with zero attached hydrogens (tertiary/aromatic N) is 1. The van der Waals surface area contributed by atoms with Crippen molar-refractivity contribution in [1.82, 2.24) is 10.2 Å². The molecule has 2 aromatic rings. The lowest BCUT2D eigenvalue weighted by Gasteiger charge is -2.31. The zero-order valence-corrected chi connectivity index (χ0v) is 16.6. The van der Waals surface area contributed by atoms with Crippen molar-refractivity contribution < 1.29 is 9.53 Å². The molecule has 0 aromatic heterocycles. The average molecular weight is 377 g/mol. The number of methoxy groups -OCH3 is 1. The molecule has 3 rings (SSSR count). The third-order valence-electron chi connectivity index (χ3n) is 5.16. The van der Waals surface area contributed by atoms with Crippen LogP contribution in [0.3, 0.4) is 0 Å². The van der Waals surface area contributed by atoms with E-state index in [4.69, 9.17) is 4.74 Å². The number of rotatable bonds is 6. The lowest BCUT2D eigenvalue weighted by molar-refractivity contribution is -0.134. The molecule has 1 aliphatic heterocycles. The predicted molar refractivity (Wildman–Crippen MR) is 109 cm³/mol. The Labute approximate surface area is 162 Å². The van der Waals surface area contributed by atoms with E-state index < -0.39 is 0 Å². The summed E-state index contributed by atoms with van der Waals surface area (Å²) in [7, 11) is 1.68. The molecule has 2 aromatic carbocycles. The Hall–Kier alpha value is -1.78. The van der Waals surface area contributed by atoms with E-state index in [0.717, 1.165) is 54.6 Å². The van der Waals surface area contributed by atoms with Crippen molar-refractivity contribution in [3.8, 4) is 5.75 Å². The minimum absolute atomic E-state index is 0. The molecule has 1 N–H and O–H groups in total. The van der Waals surface area contributed by atoms with Crippen LogP contribution in [0.25, 0.3) is 10.8 Å². The SMILES string of the molecule is CCCN(C(=O)C(C)c1ccc2cc(OC)ccc2c1)C1CCNC1.Cl. The molecule has 26 heavy (non-hydrogen) atoms. The lowest BCUT2D eigenvalue weighted by Crippen LogP contribution is -2.44. The minimum atomic E-state index is -0.126. The first-order chi connectivity index (χ1) is 12.1. The highest BCUT2D eigenvalue weighted by atomic mass is 35.5. The third kappa shape index (κ3) is 4.30. The van der Waals surface area contributed by atoms with Gasteiger partial charge in [0.1, 0.15) is 5.75 Å². The smallest absolute Gasteiger partial charge is 0.230 e. The van der Waals surface area contributed by atoms with Crippen molar-refractivity contribution in [3.63, 3.8) is 0 Å². The first kappa shape index (κ1) is 20.5. The van der Waals surface area contributed by atoms with Gasteiger partial charge in [0.05, 0.1) is 13.0 Å². The van der Waals surface area contributed by atoms with E-state index in [1.165, 1.54) is 0 Å². The maximum absolute atomic E-state index is 13.1. The Balaban J connectivity index is 0.00000243. The molecule has 0 aliphatic carbocycles. The van der Waals surface area contributed by atoms with Gasteiger partial charge in [-0.2, -0.15) is 0 Å². The Morgan fingerprint density at radius 1 is 1.27 bits per heavy atom. The van der Waals surface area contributed by atoms with E-state index in [1.807, 2.05) is 19.1 Å². The van der Waals surface area contributed by atoms with Gasteiger partial charge >= 0.3 is 0 Å². The molecule has 0 bridgehead atoms. The van der Waals surface area contributed by atoms with Gasteiger partial charge in [-0.1, -0.05) is 31.2 Å². The highest BCUT2D eigenvalue weighted by Crippen LogP contribution is 2.27. The first-order valence-electron chi connectivity index (χ1n) is 9.23. The van der Waals surface area contributed by atoms with Gasteiger partial charge in [-0.25, -0.2) is 0 Å². The molecular formula is C21H29ClN2O2. The number of halogens is 1. The van der Waals surface area contributed by atoms with Crippen LogP contribution in [0.15, 0.2) is 36.4 Å². The topological polar surface area (TPSA) is 41.6 Å². The van der Waals surface area contributed by atoms with E-state index in [1.54, 1.807) is 7.11 Å². The van der Waals surface area contributed by atoms with Gasteiger partial charge < -0.3 is 15.0 Å². The summed E-state index contributed by atoms with van der Waals surface area (Å²) in [6, 6.07) is 12.7. The number of carbonyl (C=O) groups excluding carboxylic acids is 1. The molecule has 2 atom stereocenters. The van der Waals surface area contributed by atoms with Crippen LogP contribution < -0.4 is 10.1 Å². The van der Waals surface area contributed by atoms with E-state index >= 15 is 0 Å². The molecular weight excluding hydrogens is 348 g/mol. The number of nitrogens with one attached hydrogen (secondary N) is 1. The quantitative estimate of drug-likeness (QED) is 0.829. The summed E-state index contributed by atoms with van der Waals surface area (Å²) in [5.41, 5.74) is 1.08. The normalized spacial score (nSPS) is 17.6.